The third kappa shape index (κ3) is 1.89. The number of ether oxygens (including phenoxy) is 1. The summed E-state index contributed by atoms with van der Waals surface area (Å²) in [5, 5.41) is 0. The van der Waals surface area contributed by atoms with Gasteiger partial charge in [-0.15, -0.1) is 0 Å². The molecule has 4 N–H and O–H groups in total. The van der Waals surface area contributed by atoms with Crippen molar-refractivity contribution in [2.24, 2.45) is 0 Å². The van der Waals surface area contributed by atoms with E-state index in [1.54, 1.807) is 13.2 Å². The first-order valence-electron chi connectivity index (χ1n) is 3.82. The molecule has 1 aromatic rings. The van der Waals surface area contributed by atoms with Crippen molar-refractivity contribution in [3.05, 3.63) is 23.8 Å². The van der Waals surface area contributed by atoms with Crippen molar-refractivity contribution in [2.45, 2.75) is 13.0 Å². The fourth-order valence-corrected chi connectivity index (χ4v) is 1.07. The summed E-state index contributed by atoms with van der Waals surface area (Å²) < 4.78 is 5.14. The largest absolute Gasteiger partial charge is 0.399 e. The summed E-state index contributed by atoms with van der Waals surface area (Å²) in [6.45, 7) is 1.95. The standard InChI is InChI=1S/C9H14N2O/c1-6(12-2)7-3-8(10)5-9(11)4-7/h3-6H,10-11H2,1-2H3/t6-/m1/s1. The topological polar surface area (TPSA) is 61.3 Å². The Morgan fingerprint density at radius 2 is 1.67 bits per heavy atom. The van der Waals surface area contributed by atoms with Crippen LogP contribution in [0, 0.1) is 0 Å². The predicted octanol–water partition coefficient (Wildman–Crippen LogP) is 1.56. The molecule has 0 saturated heterocycles. The normalized spacial score (nSPS) is 12.8. The zero-order chi connectivity index (χ0) is 9.14. The quantitative estimate of drug-likeness (QED) is 0.655. The second kappa shape index (κ2) is 3.45. The molecule has 0 bridgehead atoms. The van der Waals surface area contributed by atoms with Crippen molar-refractivity contribution in [1.29, 1.82) is 0 Å². The van der Waals surface area contributed by atoms with E-state index in [4.69, 9.17) is 16.2 Å². The average Bonchev–Trinajstić information content (AvgIpc) is 2.01. The zero-order valence-electron chi connectivity index (χ0n) is 7.37. The van der Waals surface area contributed by atoms with Crippen molar-refractivity contribution < 1.29 is 4.74 Å². The van der Waals surface area contributed by atoms with E-state index in [1.165, 1.54) is 0 Å². The second-order valence-corrected chi connectivity index (χ2v) is 2.81. The molecule has 0 fully saturated rings. The minimum absolute atomic E-state index is 0.0378. The molecule has 0 unspecified atom stereocenters. The molecule has 12 heavy (non-hydrogen) atoms. The van der Waals surface area contributed by atoms with Gasteiger partial charge in [0.25, 0.3) is 0 Å². The van der Waals surface area contributed by atoms with Crippen molar-refractivity contribution in [3.63, 3.8) is 0 Å². The van der Waals surface area contributed by atoms with Gasteiger partial charge in [0.05, 0.1) is 6.10 Å². The molecule has 0 aromatic heterocycles. The third-order valence-corrected chi connectivity index (χ3v) is 1.82. The van der Waals surface area contributed by atoms with Gasteiger partial charge in [-0.2, -0.15) is 0 Å². The van der Waals surface area contributed by atoms with Gasteiger partial charge in [-0.3, -0.25) is 0 Å². The van der Waals surface area contributed by atoms with Gasteiger partial charge in [0.1, 0.15) is 0 Å². The van der Waals surface area contributed by atoms with E-state index in [9.17, 15) is 0 Å². The number of rotatable bonds is 2. The monoisotopic (exact) mass is 166 g/mol. The van der Waals surface area contributed by atoms with Crippen LogP contribution in [0.5, 0.6) is 0 Å². The van der Waals surface area contributed by atoms with Gasteiger partial charge < -0.3 is 16.2 Å². The van der Waals surface area contributed by atoms with Gasteiger partial charge in [0.15, 0.2) is 0 Å². The Hall–Kier alpha value is -1.22. The summed E-state index contributed by atoms with van der Waals surface area (Å²) in [6.07, 6.45) is 0.0378. The highest BCUT2D eigenvalue weighted by Gasteiger charge is 2.04. The maximum Gasteiger partial charge on any atom is 0.0794 e. The van der Waals surface area contributed by atoms with Gasteiger partial charge in [-0.05, 0) is 30.7 Å². The molecular formula is C9H14N2O. The first kappa shape index (κ1) is 8.87. The summed E-state index contributed by atoms with van der Waals surface area (Å²) in [6, 6.07) is 5.46. The van der Waals surface area contributed by atoms with Crippen molar-refractivity contribution in [3.8, 4) is 0 Å². The lowest BCUT2D eigenvalue weighted by Gasteiger charge is -2.10. The highest BCUT2D eigenvalue weighted by molar-refractivity contribution is 5.54. The number of benzene rings is 1. The van der Waals surface area contributed by atoms with E-state index in [0.717, 1.165) is 5.56 Å². The molecule has 0 saturated carbocycles. The molecule has 1 rings (SSSR count). The van der Waals surface area contributed by atoms with Crippen LogP contribution >= 0.6 is 0 Å². The summed E-state index contributed by atoms with van der Waals surface area (Å²) in [5.74, 6) is 0. The molecule has 3 heteroatoms. The third-order valence-electron chi connectivity index (χ3n) is 1.82. The van der Waals surface area contributed by atoms with E-state index in [1.807, 2.05) is 19.1 Å². The lowest BCUT2D eigenvalue weighted by molar-refractivity contribution is 0.119. The van der Waals surface area contributed by atoms with Crippen LogP contribution in [0.3, 0.4) is 0 Å². The number of methoxy groups -OCH3 is 1. The van der Waals surface area contributed by atoms with Crippen molar-refractivity contribution in [2.75, 3.05) is 18.6 Å². The fourth-order valence-electron chi connectivity index (χ4n) is 1.07. The number of nitrogens with two attached hydrogens (primary N) is 2. The van der Waals surface area contributed by atoms with Gasteiger partial charge in [0.2, 0.25) is 0 Å². The Labute approximate surface area is 72.3 Å². The van der Waals surface area contributed by atoms with Crippen LogP contribution < -0.4 is 11.5 Å². The van der Waals surface area contributed by atoms with Gasteiger partial charge in [0, 0.05) is 18.5 Å². The van der Waals surface area contributed by atoms with Crippen molar-refractivity contribution >= 4 is 11.4 Å². The minimum Gasteiger partial charge on any atom is -0.399 e. The summed E-state index contributed by atoms with van der Waals surface area (Å²) in [4.78, 5) is 0. The molecule has 0 radical (unpaired) electrons. The Bertz CT molecular complexity index is 253. The first-order chi connectivity index (χ1) is 5.63. The maximum atomic E-state index is 5.62. The number of nitrogen functional groups attached to an aromatic ring is 2. The van der Waals surface area contributed by atoms with Gasteiger partial charge >= 0.3 is 0 Å². The zero-order valence-corrected chi connectivity index (χ0v) is 7.37. The summed E-state index contributed by atoms with van der Waals surface area (Å²) in [5.41, 5.74) is 13.6. The minimum atomic E-state index is 0.0378. The number of hydrogen-bond acceptors (Lipinski definition) is 3. The van der Waals surface area contributed by atoms with E-state index < -0.39 is 0 Å². The maximum absolute atomic E-state index is 5.62. The first-order valence-corrected chi connectivity index (χ1v) is 3.82. The molecule has 1 atom stereocenters. The van der Waals surface area contributed by atoms with E-state index in [-0.39, 0.29) is 6.10 Å². The molecule has 0 spiro atoms. The molecule has 0 heterocycles. The smallest absolute Gasteiger partial charge is 0.0794 e. The highest BCUT2D eigenvalue weighted by atomic mass is 16.5. The number of hydrogen-bond donors (Lipinski definition) is 2. The lowest BCUT2D eigenvalue weighted by atomic mass is 10.1. The fraction of sp³-hybridized carbons (Fsp3) is 0.333. The molecule has 0 aliphatic carbocycles. The van der Waals surface area contributed by atoms with E-state index >= 15 is 0 Å². The molecule has 1 aromatic carbocycles. The second-order valence-electron chi connectivity index (χ2n) is 2.81. The van der Waals surface area contributed by atoms with Crippen LogP contribution in [0.25, 0.3) is 0 Å². The van der Waals surface area contributed by atoms with Crippen LogP contribution in [0.15, 0.2) is 18.2 Å². The van der Waals surface area contributed by atoms with Crippen LogP contribution in [-0.4, -0.2) is 7.11 Å². The lowest BCUT2D eigenvalue weighted by Crippen LogP contribution is -1.99. The Kier molecular flexibility index (Phi) is 2.55. The summed E-state index contributed by atoms with van der Waals surface area (Å²) in [7, 11) is 1.66. The van der Waals surface area contributed by atoms with Gasteiger partial charge in [-0.1, -0.05) is 0 Å². The molecular weight excluding hydrogens is 152 g/mol. The Balaban J connectivity index is 3.00. The molecule has 0 amide bonds. The molecule has 66 valence electrons. The van der Waals surface area contributed by atoms with E-state index in [2.05, 4.69) is 0 Å². The molecule has 0 aliphatic rings. The molecule has 3 nitrogen and oxygen atoms in total. The van der Waals surface area contributed by atoms with Crippen molar-refractivity contribution in [1.82, 2.24) is 0 Å². The number of anilines is 2. The van der Waals surface area contributed by atoms with Crippen LogP contribution in [0.4, 0.5) is 11.4 Å². The summed E-state index contributed by atoms with van der Waals surface area (Å²) >= 11 is 0. The van der Waals surface area contributed by atoms with Gasteiger partial charge in [-0.25, -0.2) is 0 Å². The van der Waals surface area contributed by atoms with Crippen LogP contribution in [-0.2, 0) is 4.74 Å². The molecule has 0 aliphatic heterocycles. The highest BCUT2D eigenvalue weighted by Crippen LogP contribution is 2.21. The average molecular weight is 166 g/mol. The predicted molar refractivity (Wildman–Crippen MR) is 50.7 cm³/mol. The van der Waals surface area contributed by atoms with Crippen LogP contribution in [0.1, 0.15) is 18.6 Å². The van der Waals surface area contributed by atoms with E-state index in [0.29, 0.717) is 11.4 Å². The Morgan fingerprint density at radius 1 is 1.17 bits per heavy atom. The van der Waals surface area contributed by atoms with Crippen LogP contribution in [0.2, 0.25) is 0 Å². The Morgan fingerprint density at radius 3 is 2.08 bits per heavy atom. The SMILES string of the molecule is CO[C@H](C)c1cc(N)cc(N)c1.